The summed E-state index contributed by atoms with van der Waals surface area (Å²) in [6.45, 7) is 3.82. The molecule has 0 radical (unpaired) electrons. The topological polar surface area (TPSA) is 122 Å². The normalized spacial score (nSPS) is 20.3. The summed E-state index contributed by atoms with van der Waals surface area (Å²) in [5.74, 6) is -1.51. The van der Waals surface area contributed by atoms with Crippen LogP contribution in [0.1, 0.15) is 24.2 Å². The molecule has 1 aliphatic heterocycles. The molecular formula is C17H19N3O6. The molecule has 1 unspecified atom stereocenters. The van der Waals surface area contributed by atoms with E-state index in [9.17, 15) is 19.2 Å². The number of hydrogen-bond acceptors (Lipinski definition) is 5. The van der Waals surface area contributed by atoms with Crippen LogP contribution in [0.25, 0.3) is 10.9 Å². The summed E-state index contributed by atoms with van der Waals surface area (Å²) in [6.07, 6.45) is -1.49. The molecule has 1 aromatic heterocycles. The Hall–Kier alpha value is -2.94. The number of aromatic nitrogens is 2. The summed E-state index contributed by atoms with van der Waals surface area (Å²) in [6, 6.07) is 4.43. The lowest BCUT2D eigenvalue weighted by molar-refractivity contribution is -0.160. The van der Waals surface area contributed by atoms with E-state index in [1.54, 1.807) is 13.8 Å². The highest BCUT2D eigenvalue weighted by Gasteiger charge is 2.33. The van der Waals surface area contributed by atoms with Crippen molar-refractivity contribution in [1.29, 1.82) is 0 Å². The van der Waals surface area contributed by atoms with Crippen LogP contribution in [0, 0.1) is 0 Å². The summed E-state index contributed by atoms with van der Waals surface area (Å²) in [5.41, 5.74) is -0.427. The van der Waals surface area contributed by atoms with Crippen molar-refractivity contribution in [2.45, 2.75) is 32.6 Å². The minimum absolute atomic E-state index is 0.0650. The molecule has 9 nitrogen and oxygen atoms in total. The van der Waals surface area contributed by atoms with E-state index < -0.39 is 29.4 Å². The highest BCUT2D eigenvalue weighted by molar-refractivity contribution is 5.98. The number of H-pyrrole nitrogens is 1. The lowest BCUT2D eigenvalue weighted by atomic mass is 10.1. The number of benzene rings is 1. The van der Waals surface area contributed by atoms with Gasteiger partial charge in [0, 0.05) is 18.7 Å². The molecular weight excluding hydrogens is 342 g/mol. The highest BCUT2D eigenvalue weighted by atomic mass is 16.5. The van der Waals surface area contributed by atoms with Crippen molar-refractivity contribution in [3.63, 3.8) is 0 Å². The van der Waals surface area contributed by atoms with Crippen molar-refractivity contribution in [3.8, 4) is 0 Å². The maximum atomic E-state index is 12.8. The zero-order valence-electron chi connectivity index (χ0n) is 14.4. The van der Waals surface area contributed by atoms with Crippen LogP contribution < -0.4 is 11.2 Å². The van der Waals surface area contributed by atoms with Gasteiger partial charge in [0.05, 0.1) is 23.6 Å². The number of carboxylic acids is 1. The zero-order chi connectivity index (χ0) is 19.0. The molecule has 0 aliphatic carbocycles. The molecule has 2 atom stereocenters. The maximum Gasteiger partial charge on any atom is 0.334 e. The van der Waals surface area contributed by atoms with Crippen LogP contribution in [-0.4, -0.2) is 56.7 Å². The van der Waals surface area contributed by atoms with Crippen molar-refractivity contribution < 1.29 is 19.4 Å². The second kappa shape index (κ2) is 6.75. The third-order valence-corrected chi connectivity index (χ3v) is 4.37. The number of aliphatic carboxylic acids is 1. The summed E-state index contributed by atoms with van der Waals surface area (Å²) < 4.78 is 6.38. The van der Waals surface area contributed by atoms with E-state index in [-0.39, 0.29) is 36.6 Å². The van der Waals surface area contributed by atoms with Gasteiger partial charge in [0.1, 0.15) is 0 Å². The molecule has 26 heavy (non-hydrogen) atoms. The van der Waals surface area contributed by atoms with Crippen molar-refractivity contribution in [2.75, 3.05) is 13.1 Å². The number of ether oxygens (including phenoxy) is 1. The summed E-state index contributed by atoms with van der Waals surface area (Å²) in [4.78, 5) is 52.2. The Morgan fingerprint density at radius 2 is 2.04 bits per heavy atom. The highest BCUT2D eigenvalue weighted by Crippen LogP contribution is 2.17. The van der Waals surface area contributed by atoms with E-state index in [0.29, 0.717) is 5.39 Å². The van der Waals surface area contributed by atoms with Gasteiger partial charge in [-0.1, -0.05) is 0 Å². The Balaban J connectivity index is 1.97. The van der Waals surface area contributed by atoms with Crippen LogP contribution in [0.2, 0.25) is 0 Å². The Labute approximate surface area is 147 Å². The molecule has 2 aromatic rings. The second-order valence-electron chi connectivity index (χ2n) is 6.22. The Morgan fingerprint density at radius 1 is 1.31 bits per heavy atom. The first-order valence-corrected chi connectivity index (χ1v) is 8.26. The predicted molar refractivity (Wildman–Crippen MR) is 92.4 cm³/mol. The Morgan fingerprint density at radius 3 is 2.69 bits per heavy atom. The number of hydrogen-bond donors (Lipinski definition) is 2. The van der Waals surface area contributed by atoms with Crippen LogP contribution in [-0.2, 0) is 16.1 Å². The molecule has 1 aliphatic rings. The number of morpholine rings is 1. The number of nitrogens with zero attached hydrogens (tertiary/aromatic N) is 2. The van der Waals surface area contributed by atoms with Gasteiger partial charge in [0.2, 0.25) is 0 Å². The number of carboxylic acid groups (broad SMARTS) is 1. The summed E-state index contributed by atoms with van der Waals surface area (Å²) in [7, 11) is 0. The number of rotatable bonds is 3. The van der Waals surface area contributed by atoms with E-state index in [1.807, 2.05) is 0 Å². The summed E-state index contributed by atoms with van der Waals surface area (Å²) in [5, 5.41) is 9.45. The van der Waals surface area contributed by atoms with E-state index in [2.05, 4.69) is 4.98 Å². The van der Waals surface area contributed by atoms with Crippen LogP contribution >= 0.6 is 0 Å². The first-order chi connectivity index (χ1) is 12.3. The van der Waals surface area contributed by atoms with Crippen LogP contribution in [0.5, 0.6) is 0 Å². The molecule has 1 fully saturated rings. The SMILES string of the molecule is CCn1c(=O)[nH]c2cc(C(=O)N3CC(C(=O)O)O[C@H](C)C3)ccc2c1=O. The summed E-state index contributed by atoms with van der Waals surface area (Å²) >= 11 is 0. The third-order valence-electron chi connectivity index (χ3n) is 4.37. The van der Waals surface area contributed by atoms with Gasteiger partial charge in [0.25, 0.3) is 11.5 Å². The standard InChI is InChI=1S/C17H19N3O6/c1-3-20-15(22)11-5-4-10(6-12(11)18-17(20)25)14(21)19-7-9(2)26-13(8-19)16(23)24/h4-6,9,13H,3,7-8H2,1-2H3,(H,18,25)(H,23,24)/t9-,13?/m1/s1. The van der Waals surface area contributed by atoms with Gasteiger partial charge in [0.15, 0.2) is 6.10 Å². The molecule has 3 rings (SSSR count). The molecule has 1 aromatic carbocycles. The Bertz CT molecular complexity index is 992. The number of aromatic amines is 1. The Kier molecular flexibility index (Phi) is 4.64. The molecule has 0 spiro atoms. The maximum absolute atomic E-state index is 12.8. The monoisotopic (exact) mass is 361 g/mol. The van der Waals surface area contributed by atoms with Gasteiger partial charge < -0.3 is 19.7 Å². The minimum atomic E-state index is -1.13. The molecule has 0 saturated carbocycles. The lowest BCUT2D eigenvalue weighted by Gasteiger charge is -2.35. The van der Waals surface area contributed by atoms with Crippen LogP contribution in [0.3, 0.4) is 0 Å². The number of carbonyl (C=O) groups is 2. The van der Waals surface area contributed by atoms with Gasteiger partial charge >= 0.3 is 11.7 Å². The molecule has 0 bridgehead atoms. The van der Waals surface area contributed by atoms with Crippen molar-refractivity contribution in [3.05, 3.63) is 44.6 Å². The molecule has 2 N–H and O–H groups in total. The quantitative estimate of drug-likeness (QED) is 0.795. The first kappa shape index (κ1) is 17.9. The number of amides is 1. The van der Waals surface area contributed by atoms with Crippen LogP contribution in [0.15, 0.2) is 27.8 Å². The molecule has 1 amide bonds. The predicted octanol–water partition coefficient (Wildman–Crippen LogP) is 0.0238. The minimum Gasteiger partial charge on any atom is -0.479 e. The number of fused-ring (bicyclic) bond motifs is 1. The number of carbonyl (C=O) groups excluding carboxylic acids is 1. The largest absolute Gasteiger partial charge is 0.479 e. The first-order valence-electron chi connectivity index (χ1n) is 8.26. The smallest absolute Gasteiger partial charge is 0.334 e. The lowest BCUT2D eigenvalue weighted by Crippen LogP contribution is -2.51. The number of nitrogens with one attached hydrogen (secondary N) is 1. The molecule has 2 heterocycles. The fourth-order valence-electron chi connectivity index (χ4n) is 3.11. The third kappa shape index (κ3) is 3.13. The average Bonchev–Trinajstić information content (AvgIpc) is 2.60. The van der Waals surface area contributed by atoms with Gasteiger partial charge in [-0.15, -0.1) is 0 Å². The van der Waals surface area contributed by atoms with E-state index >= 15 is 0 Å². The van der Waals surface area contributed by atoms with E-state index in [0.717, 1.165) is 4.57 Å². The van der Waals surface area contributed by atoms with Crippen molar-refractivity contribution in [2.24, 2.45) is 0 Å². The fourth-order valence-corrected chi connectivity index (χ4v) is 3.11. The van der Waals surface area contributed by atoms with E-state index in [4.69, 9.17) is 9.84 Å². The fraction of sp³-hybridized carbons (Fsp3) is 0.412. The zero-order valence-corrected chi connectivity index (χ0v) is 14.4. The molecule has 1 saturated heterocycles. The van der Waals surface area contributed by atoms with Crippen molar-refractivity contribution >= 4 is 22.8 Å². The van der Waals surface area contributed by atoms with Gasteiger partial charge in [-0.2, -0.15) is 0 Å². The van der Waals surface area contributed by atoms with Gasteiger partial charge in [-0.05, 0) is 32.0 Å². The molecule has 138 valence electrons. The second-order valence-corrected chi connectivity index (χ2v) is 6.22. The molecule has 9 heteroatoms. The van der Waals surface area contributed by atoms with E-state index in [1.165, 1.54) is 23.1 Å². The van der Waals surface area contributed by atoms with Gasteiger partial charge in [-0.3, -0.25) is 14.2 Å². The average molecular weight is 361 g/mol. The van der Waals surface area contributed by atoms with Crippen LogP contribution in [0.4, 0.5) is 0 Å². The van der Waals surface area contributed by atoms with Gasteiger partial charge in [-0.25, -0.2) is 9.59 Å². The van der Waals surface area contributed by atoms with Crippen molar-refractivity contribution in [1.82, 2.24) is 14.5 Å².